The van der Waals surface area contributed by atoms with Gasteiger partial charge in [-0.1, -0.05) is 48.5 Å². The number of rotatable bonds is 6. The van der Waals surface area contributed by atoms with Crippen LogP contribution in [0.5, 0.6) is 5.75 Å². The number of hydrogen-bond acceptors (Lipinski definition) is 5. The van der Waals surface area contributed by atoms with E-state index in [0.29, 0.717) is 16.6 Å². The van der Waals surface area contributed by atoms with E-state index >= 15 is 0 Å². The van der Waals surface area contributed by atoms with E-state index in [9.17, 15) is 19.5 Å². The molecule has 2 N–H and O–H groups in total. The summed E-state index contributed by atoms with van der Waals surface area (Å²) in [6.45, 7) is 3.44. The van der Waals surface area contributed by atoms with Gasteiger partial charge in [0.15, 0.2) is 5.75 Å². The molecule has 4 aromatic rings. The van der Waals surface area contributed by atoms with Gasteiger partial charge in [-0.25, -0.2) is 4.79 Å². The molecule has 1 heterocycles. The molecule has 0 saturated heterocycles. The summed E-state index contributed by atoms with van der Waals surface area (Å²) in [5, 5.41) is 13.8. The molecular formula is C27H24N2O5. The fourth-order valence-electron chi connectivity index (χ4n) is 3.97. The Balaban J connectivity index is 1.77. The van der Waals surface area contributed by atoms with Crippen molar-refractivity contribution in [1.82, 2.24) is 4.57 Å². The summed E-state index contributed by atoms with van der Waals surface area (Å²) in [6, 6.07) is 22.1. The fraction of sp³-hybridized carbons (Fsp3) is 0.148. The maximum absolute atomic E-state index is 13.1. The van der Waals surface area contributed by atoms with Gasteiger partial charge in [0.05, 0.1) is 18.7 Å². The van der Waals surface area contributed by atoms with E-state index in [1.807, 2.05) is 48.5 Å². The third kappa shape index (κ3) is 4.54. The lowest BCUT2D eigenvalue weighted by atomic mass is 10.0. The molecule has 0 saturated carbocycles. The predicted molar refractivity (Wildman–Crippen MR) is 131 cm³/mol. The molecule has 4 rings (SSSR count). The van der Waals surface area contributed by atoms with E-state index in [1.165, 1.54) is 11.5 Å². The number of carbonyl (C=O) groups excluding carboxylic acids is 2. The Morgan fingerprint density at radius 1 is 0.971 bits per heavy atom. The molecule has 0 atom stereocenters. The lowest BCUT2D eigenvalue weighted by molar-refractivity contribution is -0.114. The van der Waals surface area contributed by atoms with Gasteiger partial charge < -0.3 is 19.7 Å². The van der Waals surface area contributed by atoms with Crippen molar-refractivity contribution in [2.45, 2.75) is 20.4 Å². The molecule has 0 bridgehead atoms. The second kappa shape index (κ2) is 9.62. The number of nitrogens with one attached hydrogen (secondary N) is 1. The summed E-state index contributed by atoms with van der Waals surface area (Å²) in [6.07, 6.45) is 0. The second-order valence-electron chi connectivity index (χ2n) is 7.81. The average Bonchev–Trinajstić information content (AvgIpc) is 2.82. The highest BCUT2D eigenvalue weighted by atomic mass is 16.5. The zero-order valence-corrected chi connectivity index (χ0v) is 18.9. The van der Waals surface area contributed by atoms with Gasteiger partial charge in [-0.2, -0.15) is 0 Å². The van der Waals surface area contributed by atoms with Crippen molar-refractivity contribution in [3.05, 3.63) is 94.3 Å². The average molecular weight is 456 g/mol. The van der Waals surface area contributed by atoms with Crippen LogP contribution in [0.25, 0.3) is 22.0 Å². The number of aromatic nitrogens is 1. The summed E-state index contributed by atoms with van der Waals surface area (Å²) in [5.41, 5.74) is 3.07. The first-order valence-electron chi connectivity index (χ1n) is 10.9. The molecular weight excluding hydrogens is 432 g/mol. The van der Waals surface area contributed by atoms with Crippen molar-refractivity contribution in [3.8, 4) is 16.9 Å². The normalized spacial score (nSPS) is 10.8. The Hall–Kier alpha value is -4.39. The molecule has 3 aromatic carbocycles. The molecule has 0 aliphatic rings. The Kier molecular flexibility index (Phi) is 6.45. The number of carbonyl (C=O) groups is 2. The van der Waals surface area contributed by atoms with Crippen LogP contribution in [0.3, 0.4) is 0 Å². The van der Waals surface area contributed by atoms with Crippen LogP contribution >= 0.6 is 0 Å². The van der Waals surface area contributed by atoms with Gasteiger partial charge in [0, 0.05) is 18.0 Å². The van der Waals surface area contributed by atoms with Crippen molar-refractivity contribution >= 4 is 28.5 Å². The van der Waals surface area contributed by atoms with Crippen LogP contribution in [-0.4, -0.2) is 28.2 Å². The number of amides is 1. The number of nitrogens with zero attached hydrogens (tertiary/aromatic N) is 1. The fourth-order valence-corrected chi connectivity index (χ4v) is 3.97. The smallest absolute Gasteiger partial charge is 0.342 e. The van der Waals surface area contributed by atoms with Crippen molar-refractivity contribution < 1.29 is 19.4 Å². The Bertz CT molecular complexity index is 1460. The topological polar surface area (TPSA) is 97.6 Å². The summed E-state index contributed by atoms with van der Waals surface area (Å²) >= 11 is 0. The van der Waals surface area contributed by atoms with Crippen LogP contribution in [0, 0.1) is 0 Å². The largest absolute Gasteiger partial charge is 0.502 e. The first kappa shape index (κ1) is 22.8. The van der Waals surface area contributed by atoms with Crippen molar-refractivity contribution in [1.29, 1.82) is 0 Å². The molecule has 1 aromatic heterocycles. The quantitative estimate of drug-likeness (QED) is 0.415. The summed E-state index contributed by atoms with van der Waals surface area (Å²) in [4.78, 5) is 36.9. The molecule has 172 valence electrons. The first-order chi connectivity index (χ1) is 16.4. The lowest BCUT2D eigenvalue weighted by Crippen LogP contribution is -2.24. The molecule has 0 spiro atoms. The van der Waals surface area contributed by atoms with Gasteiger partial charge in [-0.05, 0) is 47.9 Å². The zero-order chi connectivity index (χ0) is 24.2. The number of anilines is 1. The van der Waals surface area contributed by atoms with Crippen LogP contribution in [0.1, 0.15) is 29.8 Å². The highest BCUT2D eigenvalue weighted by Crippen LogP contribution is 2.27. The molecule has 0 aliphatic carbocycles. The molecule has 34 heavy (non-hydrogen) atoms. The van der Waals surface area contributed by atoms with Crippen LogP contribution in [0.2, 0.25) is 0 Å². The zero-order valence-electron chi connectivity index (χ0n) is 18.9. The van der Waals surface area contributed by atoms with Crippen LogP contribution < -0.4 is 10.9 Å². The first-order valence-corrected chi connectivity index (χ1v) is 10.9. The van der Waals surface area contributed by atoms with E-state index in [2.05, 4.69) is 5.32 Å². The number of ether oxygens (including phenoxy) is 1. The number of fused-ring (bicyclic) bond motifs is 1. The molecule has 0 radical (unpaired) electrons. The molecule has 0 aliphatic heterocycles. The number of aromatic hydroxyl groups is 1. The van der Waals surface area contributed by atoms with Crippen molar-refractivity contribution in [2.24, 2.45) is 0 Å². The van der Waals surface area contributed by atoms with Crippen LogP contribution in [-0.2, 0) is 16.1 Å². The Morgan fingerprint density at radius 3 is 2.41 bits per heavy atom. The molecule has 1 amide bonds. The summed E-state index contributed by atoms with van der Waals surface area (Å²) in [7, 11) is 0. The Morgan fingerprint density at radius 2 is 1.68 bits per heavy atom. The molecule has 0 fully saturated rings. The van der Waals surface area contributed by atoms with Gasteiger partial charge in [0.2, 0.25) is 5.91 Å². The van der Waals surface area contributed by atoms with Crippen LogP contribution in [0.15, 0.2) is 77.6 Å². The van der Waals surface area contributed by atoms with Crippen molar-refractivity contribution in [3.63, 3.8) is 0 Å². The molecule has 7 nitrogen and oxygen atoms in total. The van der Waals surface area contributed by atoms with Gasteiger partial charge >= 0.3 is 5.97 Å². The van der Waals surface area contributed by atoms with Crippen molar-refractivity contribution in [2.75, 3.05) is 11.9 Å². The SMILES string of the molecule is CCOC(=O)c1c(O)c(=O)n(Cc2cccc(-c3cccc(NC(C)=O)c3)c2)c2ccccc12. The maximum Gasteiger partial charge on any atom is 0.342 e. The van der Waals surface area contributed by atoms with E-state index in [0.717, 1.165) is 16.7 Å². The van der Waals surface area contributed by atoms with E-state index in [-0.39, 0.29) is 24.6 Å². The van der Waals surface area contributed by atoms with Crippen LogP contribution in [0.4, 0.5) is 5.69 Å². The minimum Gasteiger partial charge on any atom is -0.502 e. The number of para-hydroxylation sites is 1. The molecule has 7 heteroatoms. The third-order valence-electron chi connectivity index (χ3n) is 5.41. The highest BCUT2D eigenvalue weighted by Gasteiger charge is 2.22. The Labute approximate surface area is 196 Å². The van der Waals surface area contributed by atoms with Gasteiger partial charge in [-0.15, -0.1) is 0 Å². The van der Waals surface area contributed by atoms with Gasteiger partial charge in [-0.3, -0.25) is 9.59 Å². The minimum atomic E-state index is -0.735. The lowest BCUT2D eigenvalue weighted by Gasteiger charge is -2.15. The number of pyridine rings is 1. The second-order valence-corrected chi connectivity index (χ2v) is 7.81. The monoisotopic (exact) mass is 456 g/mol. The summed E-state index contributed by atoms with van der Waals surface area (Å²) in [5.74, 6) is -1.51. The molecule has 0 unspecified atom stereocenters. The van der Waals surface area contributed by atoms with E-state index in [1.54, 1.807) is 31.2 Å². The predicted octanol–water partition coefficient (Wildman–Crippen LogP) is 4.56. The standard InChI is InChI=1S/C27H24N2O5/c1-3-34-27(33)24-22-12-4-5-13-23(22)29(26(32)25(24)31)16-18-8-6-9-19(14-18)20-10-7-11-21(15-20)28-17(2)30/h4-15,31H,3,16H2,1-2H3,(H,28,30). The van der Waals surface area contributed by atoms with Gasteiger partial charge in [0.25, 0.3) is 5.56 Å². The van der Waals surface area contributed by atoms with Gasteiger partial charge in [0.1, 0.15) is 5.56 Å². The number of esters is 1. The minimum absolute atomic E-state index is 0.123. The third-order valence-corrected chi connectivity index (χ3v) is 5.41. The number of hydrogen-bond donors (Lipinski definition) is 2. The van der Waals surface area contributed by atoms with E-state index < -0.39 is 17.3 Å². The maximum atomic E-state index is 13.1. The number of benzene rings is 3. The summed E-state index contributed by atoms with van der Waals surface area (Å²) < 4.78 is 6.50. The highest BCUT2D eigenvalue weighted by molar-refractivity contribution is 6.05. The van der Waals surface area contributed by atoms with E-state index in [4.69, 9.17) is 4.74 Å².